The van der Waals surface area contributed by atoms with Crippen molar-refractivity contribution < 1.29 is 24.5 Å². The molecule has 1 saturated heterocycles. The number of carbonyl (C=O) groups excluding carboxylic acids is 2. The molecule has 2 fully saturated rings. The van der Waals surface area contributed by atoms with Gasteiger partial charge in [0.05, 0.1) is 18.1 Å². The van der Waals surface area contributed by atoms with Gasteiger partial charge >= 0.3 is 5.97 Å². The predicted octanol–water partition coefficient (Wildman–Crippen LogP) is 3.72. The standard InChI is InChI=1S/C29H39NO5/c1-18-9-7-13-22(31)15-16-25(32)35-29-23(14-8-10-18)27(33)20(3)19(2)26(29)24(30-28(29)34)17-21-11-5-4-6-12-21/h4-6,8,11-12,14,18-19,22-24,26-27,31,33H,3,7,9-10,13,15-17H2,1-2H3,(H,30,34)/b14-8-. The largest absolute Gasteiger partial charge is 0.448 e. The zero-order chi connectivity index (χ0) is 25.2. The molecule has 0 bridgehead atoms. The van der Waals surface area contributed by atoms with E-state index in [9.17, 15) is 19.8 Å². The summed E-state index contributed by atoms with van der Waals surface area (Å²) in [4.78, 5) is 26.9. The number of aliphatic hydroxyl groups excluding tert-OH is 2. The molecule has 3 aliphatic rings. The Labute approximate surface area is 208 Å². The molecule has 4 rings (SSSR count). The Hall–Kier alpha value is -2.44. The van der Waals surface area contributed by atoms with Gasteiger partial charge in [-0.15, -0.1) is 0 Å². The van der Waals surface area contributed by atoms with Crippen molar-refractivity contribution in [2.45, 2.75) is 82.6 Å². The number of carbonyl (C=O) groups is 2. The van der Waals surface area contributed by atoms with E-state index in [4.69, 9.17) is 4.74 Å². The van der Waals surface area contributed by atoms with Crippen LogP contribution in [-0.2, 0) is 20.7 Å². The van der Waals surface area contributed by atoms with Gasteiger partial charge in [-0.25, -0.2) is 0 Å². The molecule has 1 spiro atoms. The van der Waals surface area contributed by atoms with Crippen LogP contribution in [0.4, 0.5) is 0 Å². The summed E-state index contributed by atoms with van der Waals surface area (Å²) < 4.78 is 6.14. The number of rotatable bonds is 2. The molecule has 190 valence electrons. The van der Waals surface area contributed by atoms with E-state index < -0.39 is 29.7 Å². The first-order valence-corrected chi connectivity index (χ1v) is 13.0. The average Bonchev–Trinajstić information content (AvgIpc) is 3.09. The fourth-order valence-electron chi connectivity index (χ4n) is 6.30. The van der Waals surface area contributed by atoms with E-state index >= 15 is 0 Å². The van der Waals surface area contributed by atoms with Gasteiger partial charge in [0.2, 0.25) is 5.60 Å². The normalized spacial score (nSPS) is 39.5. The lowest BCUT2D eigenvalue weighted by atomic mass is 9.59. The van der Waals surface area contributed by atoms with Gasteiger partial charge in [-0.05, 0) is 48.7 Å². The highest BCUT2D eigenvalue weighted by Gasteiger charge is 2.67. The Morgan fingerprint density at radius 3 is 2.60 bits per heavy atom. The third-order valence-electron chi connectivity index (χ3n) is 8.32. The summed E-state index contributed by atoms with van der Waals surface area (Å²) in [5, 5.41) is 24.8. The fourth-order valence-corrected chi connectivity index (χ4v) is 6.30. The number of esters is 1. The molecule has 1 aromatic carbocycles. The molecular formula is C29H39NO5. The summed E-state index contributed by atoms with van der Waals surface area (Å²) in [7, 11) is 0. The molecule has 1 saturated carbocycles. The monoisotopic (exact) mass is 481 g/mol. The zero-order valence-corrected chi connectivity index (χ0v) is 20.9. The molecule has 8 unspecified atom stereocenters. The van der Waals surface area contributed by atoms with Crippen molar-refractivity contribution in [2.24, 2.45) is 23.7 Å². The molecule has 1 aliphatic carbocycles. The highest BCUT2D eigenvalue weighted by Crippen LogP contribution is 2.52. The van der Waals surface area contributed by atoms with Crippen molar-refractivity contribution in [3.63, 3.8) is 0 Å². The summed E-state index contributed by atoms with van der Waals surface area (Å²) in [5.41, 5.74) is 0.219. The van der Waals surface area contributed by atoms with Gasteiger partial charge in [-0.2, -0.15) is 0 Å². The number of ether oxygens (including phenoxy) is 1. The number of benzene rings is 1. The van der Waals surface area contributed by atoms with Gasteiger partial charge in [0.15, 0.2) is 0 Å². The van der Waals surface area contributed by atoms with Crippen LogP contribution in [0.15, 0.2) is 54.6 Å². The molecule has 3 N–H and O–H groups in total. The number of amides is 1. The minimum absolute atomic E-state index is 0.0314. The lowest BCUT2D eigenvalue weighted by Crippen LogP contribution is -2.61. The molecule has 0 aromatic heterocycles. The highest BCUT2D eigenvalue weighted by atomic mass is 16.6. The Morgan fingerprint density at radius 2 is 1.86 bits per heavy atom. The van der Waals surface area contributed by atoms with Gasteiger partial charge in [0.25, 0.3) is 5.91 Å². The number of allylic oxidation sites excluding steroid dienone is 1. The van der Waals surface area contributed by atoms with E-state index in [1.54, 1.807) is 0 Å². The van der Waals surface area contributed by atoms with Crippen LogP contribution in [0.5, 0.6) is 0 Å². The molecular weight excluding hydrogens is 442 g/mol. The highest BCUT2D eigenvalue weighted by molar-refractivity contribution is 5.92. The summed E-state index contributed by atoms with van der Waals surface area (Å²) in [6.45, 7) is 8.32. The molecule has 0 radical (unpaired) electrons. The van der Waals surface area contributed by atoms with Crippen LogP contribution >= 0.6 is 0 Å². The Balaban J connectivity index is 1.75. The third kappa shape index (κ3) is 5.10. The summed E-state index contributed by atoms with van der Waals surface area (Å²) >= 11 is 0. The van der Waals surface area contributed by atoms with Gasteiger partial charge in [-0.3, -0.25) is 9.59 Å². The average molecular weight is 482 g/mol. The summed E-state index contributed by atoms with van der Waals surface area (Å²) in [5.74, 6) is -1.80. The SMILES string of the molecule is C=C1C(C)C2C(Cc3ccccc3)NC(=O)C23OC(=O)CCC(O)CCCC(C)C/C=C\C3C1O. The maximum atomic E-state index is 13.8. The van der Waals surface area contributed by atoms with Crippen LogP contribution in [0, 0.1) is 23.7 Å². The minimum Gasteiger partial charge on any atom is -0.448 e. The zero-order valence-electron chi connectivity index (χ0n) is 20.9. The maximum absolute atomic E-state index is 13.8. The van der Waals surface area contributed by atoms with E-state index in [1.807, 2.05) is 49.4 Å². The second kappa shape index (κ2) is 10.7. The first-order valence-electron chi connectivity index (χ1n) is 13.0. The second-order valence-corrected chi connectivity index (χ2v) is 10.8. The quantitative estimate of drug-likeness (QED) is 0.442. The molecule has 35 heavy (non-hydrogen) atoms. The first-order chi connectivity index (χ1) is 16.7. The van der Waals surface area contributed by atoms with Crippen molar-refractivity contribution in [3.05, 3.63) is 60.2 Å². The number of hydrogen-bond donors (Lipinski definition) is 3. The molecule has 1 aromatic rings. The number of hydrogen-bond acceptors (Lipinski definition) is 5. The molecule has 2 aliphatic heterocycles. The van der Waals surface area contributed by atoms with Crippen molar-refractivity contribution in [2.75, 3.05) is 0 Å². The minimum atomic E-state index is -1.52. The molecule has 6 nitrogen and oxygen atoms in total. The lowest BCUT2D eigenvalue weighted by Gasteiger charge is -2.49. The van der Waals surface area contributed by atoms with Crippen molar-refractivity contribution in [3.8, 4) is 0 Å². The third-order valence-corrected chi connectivity index (χ3v) is 8.32. The van der Waals surface area contributed by atoms with Crippen LogP contribution in [0.2, 0.25) is 0 Å². The Morgan fingerprint density at radius 1 is 1.11 bits per heavy atom. The van der Waals surface area contributed by atoms with Crippen molar-refractivity contribution in [1.29, 1.82) is 0 Å². The Bertz CT molecular complexity index is 959. The smallest absolute Gasteiger partial charge is 0.306 e. The van der Waals surface area contributed by atoms with E-state index in [0.29, 0.717) is 30.8 Å². The summed E-state index contributed by atoms with van der Waals surface area (Å²) in [6.07, 6.45) is 6.53. The van der Waals surface area contributed by atoms with Crippen LogP contribution in [0.1, 0.15) is 57.9 Å². The maximum Gasteiger partial charge on any atom is 0.306 e. The molecule has 6 heteroatoms. The number of nitrogens with one attached hydrogen (secondary N) is 1. The van der Waals surface area contributed by atoms with Gasteiger partial charge < -0.3 is 20.3 Å². The van der Waals surface area contributed by atoms with E-state index in [1.165, 1.54) is 0 Å². The molecule has 2 heterocycles. The topological polar surface area (TPSA) is 95.9 Å². The van der Waals surface area contributed by atoms with Gasteiger partial charge in [0, 0.05) is 18.4 Å². The van der Waals surface area contributed by atoms with E-state index in [0.717, 1.165) is 24.8 Å². The second-order valence-electron chi connectivity index (χ2n) is 10.8. The van der Waals surface area contributed by atoms with Gasteiger partial charge in [0.1, 0.15) is 0 Å². The van der Waals surface area contributed by atoms with E-state index in [2.05, 4.69) is 18.8 Å². The number of aliphatic hydroxyl groups is 2. The predicted molar refractivity (Wildman–Crippen MR) is 134 cm³/mol. The van der Waals surface area contributed by atoms with Crippen molar-refractivity contribution >= 4 is 11.9 Å². The first kappa shape index (κ1) is 25.6. The Kier molecular flexibility index (Phi) is 7.82. The lowest BCUT2D eigenvalue weighted by molar-refractivity contribution is -0.187. The van der Waals surface area contributed by atoms with Crippen LogP contribution < -0.4 is 5.32 Å². The van der Waals surface area contributed by atoms with Crippen LogP contribution in [-0.4, -0.2) is 45.9 Å². The summed E-state index contributed by atoms with van der Waals surface area (Å²) in [6, 6.07) is 9.66. The van der Waals surface area contributed by atoms with Crippen LogP contribution in [0.3, 0.4) is 0 Å². The van der Waals surface area contributed by atoms with Crippen molar-refractivity contribution in [1.82, 2.24) is 5.32 Å². The fraction of sp³-hybridized carbons (Fsp3) is 0.586. The molecule has 8 atom stereocenters. The van der Waals surface area contributed by atoms with Gasteiger partial charge in [-0.1, -0.05) is 75.8 Å². The van der Waals surface area contributed by atoms with Crippen LogP contribution in [0.25, 0.3) is 0 Å². The van der Waals surface area contributed by atoms with E-state index in [-0.39, 0.29) is 30.2 Å². The molecule has 1 amide bonds.